The molecule has 0 bridgehead atoms. The van der Waals surface area contributed by atoms with Crippen LogP contribution in [0, 0.1) is 0 Å². The first-order chi connectivity index (χ1) is 4.75. The van der Waals surface area contributed by atoms with Crippen LogP contribution >= 0.6 is 0 Å². The third-order valence-electron chi connectivity index (χ3n) is 1.85. The Morgan fingerprint density at radius 1 is 1.40 bits per heavy atom. The predicted molar refractivity (Wildman–Crippen MR) is 38.4 cm³/mol. The summed E-state index contributed by atoms with van der Waals surface area (Å²) in [6.45, 7) is 2.07. The first-order valence-corrected chi connectivity index (χ1v) is 3.45. The molecule has 0 aromatic carbocycles. The summed E-state index contributed by atoms with van der Waals surface area (Å²) >= 11 is 0. The van der Waals surface area contributed by atoms with E-state index >= 15 is 0 Å². The zero-order valence-electron chi connectivity index (χ0n) is 6.33. The normalized spacial score (nSPS) is 17.8. The van der Waals surface area contributed by atoms with Crippen molar-refractivity contribution in [3.63, 3.8) is 0 Å². The van der Waals surface area contributed by atoms with Gasteiger partial charge in [-0.1, -0.05) is 0 Å². The fourth-order valence-electron chi connectivity index (χ4n) is 1.45. The van der Waals surface area contributed by atoms with Crippen molar-refractivity contribution in [1.29, 1.82) is 0 Å². The second-order valence-corrected chi connectivity index (χ2v) is 2.95. The van der Waals surface area contributed by atoms with Crippen molar-refractivity contribution >= 4 is 0 Å². The summed E-state index contributed by atoms with van der Waals surface area (Å²) < 4.78 is 1.89. The first-order valence-electron chi connectivity index (χ1n) is 3.45. The van der Waals surface area contributed by atoms with Crippen LogP contribution in [-0.2, 0) is 20.1 Å². The van der Waals surface area contributed by atoms with E-state index in [0.29, 0.717) is 0 Å². The van der Waals surface area contributed by atoms with Gasteiger partial charge in [0.2, 0.25) is 0 Å². The van der Waals surface area contributed by atoms with Crippen LogP contribution in [0.3, 0.4) is 0 Å². The Kier molecular flexibility index (Phi) is 1.08. The number of nitrogens with zero attached hydrogens (tertiary/aromatic N) is 3. The molecule has 1 aromatic heterocycles. The Morgan fingerprint density at radius 3 is 2.90 bits per heavy atom. The molecule has 0 saturated carbocycles. The molecule has 3 nitrogen and oxygen atoms in total. The number of hydrogen-bond acceptors (Lipinski definition) is 2. The van der Waals surface area contributed by atoms with Crippen LogP contribution in [0.1, 0.15) is 11.3 Å². The molecule has 0 atom stereocenters. The third-order valence-corrected chi connectivity index (χ3v) is 1.85. The van der Waals surface area contributed by atoms with Crippen molar-refractivity contribution in [2.75, 3.05) is 7.05 Å². The van der Waals surface area contributed by atoms with E-state index in [0.717, 1.165) is 13.1 Å². The van der Waals surface area contributed by atoms with E-state index in [-0.39, 0.29) is 0 Å². The van der Waals surface area contributed by atoms with Gasteiger partial charge in [-0.3, -0.25) is 9.58 Å². The second-order valence-electron chi connectivity index (χ2n) is 2.95. The van der Waals surface area contributed by atoms with Crippen molar-refractivity contribution in [2.45, 2.75) is 13.1 Å². The lowest BCUT2D eigenvalue weighted by Crippen LogP contribution is -2.09. The maximum atomic E-state index is 4.32. The van der Waals surface area contributed by atoms with E-state index in [2.05, 4.69) is 23.2 Å². The Balaban J connectivity index is 2.39. The van der Waals surface area contributed by atoms with Crippen LogP contribution in [0.2, 0.25) is 0 Å². The van der Waals surface area contributed by atoms with Gasteiger partial charge in [0.05, 0.1) is 5.69 Å². The van der Waals surface area contributed by atoms with E-state index in [1.165, 1.54) is 11.3 Å². The molecule has 0 fully saturated rings. The SMILES string of the molecule is CN1Cc2cn(C)nc2C1. The molecule has 2 rings (SSSR count). The Morgan fingerprint density at radius 2 is 2.20 bits per heavy atom. The molecule has 3 heteroatoms. The van der Waals surface area contributed by atoms with Gasteiger partial charge in [-0.15, -0.1) is 0 Å². The van der Waals surface area contributed by atoms with E-state index < -0.39 is 0 Å². The molecule has 0 spiro atoms. The quantitative estimate of drug-likeness (QED) is 0.515. The lowest BCUT2D eigenvalue weighted by molar-refractivity contribution is 0.346. The molecule has 2 heterocycles. The number of aromatic nitrogens is 2. The zero-order valence-corrected chi connectivity index (χ0v) is 6.33. The minimum Gasteiger partial charge on any atom is -0.296 e. The van der Waals surface area contributed by atoms with E-state index in [9.17, 15) is 0 Å². The topological polar surface area (TPSA) is 21.1 Å². The van der Waals surface area contributed by atoms with Crippen molar-refractivity contribution in [3.05, 3.63) is 17.5 Å². The molecule has 1 aliphatic heterocycles. The highest BCUT2D eigenvalue weighted by Crippen LogP contribution is 2.18. The van der Waals surface area contributed by atoms with Gasteiger partial charge in [0.15, 0.2) is 0 Å². The third kappa shape index (κ3) is 0.743. The molecule has 0 unspecified atom stereocenters. The fourth-order valence-corrected chi connectivity index (χ4v) is 1.45. The van der Waals surface area contributed by atoms with Crippen molar-refractivity contribution in [1.82, 2.24) is 14.7 Å². The minimum absolute atomic E-state index is 1.01. The lowest BCUT2D eigenvalue weighted by Gasteiger charge is -2.03. The van der Waals surface area contributed by atoms with Gasteiger partial charge < -0.3 is 0 Å². The van der Waals surface area contributed by atoms with Crippen molar-refractivity contribution in [2.24, 2.45) is 7.05 Å². The second kappa shape index (κ2) is 1.83. The van der Waals surface area contributed by atoms with Crippen LogP contribution in [0.5, 0.6) is 0 Å². The number of hydrogen-bond donors (Lipinski definition) is 0. The number of rotatable bonds is 0. The van der Waals surface area contributed by atoms with Gasteiger partial charge in [-0.25, -0.2) is 0 Å². The monoisotopic (exact) mass is 137 g/mol. The van der Waals surface area contributed by atoms with E-state index in [1.807, 2.05) is 11.7 Å². The summed E-state index contributed by atoms with van der Waals surface area (Å²) in [6, 6.07) is 0. The molecular formula is C7H11N3. The zero-order chi connectivity index (χ0) is 7.14. The van der Waals surface area contributed by atoms with Crippen molar-refractivity contribution < 1.29 is 0 Å². The van der Waals surface area contributed by atoms with E-state index in [4.69, 9.17) is 0 Å². The molecule has 54 valence electrons. The molecule has 1 aromatic rings. The molecule has 0 N–H and O–H groups in total. The fraction of sp³-hybridized carbons (Fsp3) is 0.571. The molecule has 0 radical (unpaired) electrons. The molecule has 1 aliphatic rings. The minimum atomic E-state index is 1.01. The van der Waals surface area contributed by atoms with Crippen LogP contribution in [0.4, 0.5) is 0 Å². The Bertz CT molecular complexity index is 228. The van der Waals surface area contributed by atoms with Gasteiger partial charge in [-0.2, -0.15) is 5.10 Å². The Hall–Kier alpha value is -0.830. The first kappa shape index (κ1) is 5.92. The van der Waals surface area contributed by atoms with Gasteiger partial charge in [0.1, 0.15) is 0 Å². The maximum absolute atomic E-state index is 4.32. The molecule has 0 aliphatic carbocycles. The van der Waals surface area contributed by atoms with E-state index in [1.54, 1.807) is 0 Å². The van der Waals surface area contributed by atoms with Gasteiger partial charge in [-0.05, 0) is 7.05 Å². The molecule has 10 heavy (non-hydrogen) atoms. The standard InChI is InChI=1S/C7H11N3/c1-9-3-6-4-10(2)8-7(6)5-9/h4H,3,5H2,1-2H3. The van der Waals surface area contributed by atoms with Crippen LogP contribution in [-0.4, -0.2) is 21.7 Å². The van der Waals surface area contributed by atoms with Crippen LogP contribution in [0.15, 0.2) is 6.20 Å². The number of fused-ring (bicyclic) bond motifs is 1. The highest BCUT2D eigenvalue weighted by atomic mass is 15.3. The summed E-state index contributed by atoms with van der Waals surface area (Å²) in [5.74, 6) is 0. The molecule has 0 amide bonds. The summed E-state index contributed by atoms with van der Waals surface area (Å²) in [6.07, 6.45) is 2.10. The van der Waals surface area contributed by atoms with Gasteiger partial charge >= 0.3 is 0 Å². The summed E-state index contributed by atoms with van der Waals surface area (Å²) in [5.41, 5.74) is 2.62. The summed E-state index contributed by atoms with van der Waals surface area (Å²) in [5, 5.41) is 4.32. The largest absolute Gasteiger partial charge is 0.296 e. The predicted octanol–water partition coefficient (Wildman–Crippen LogP) is 0.366. The average Bonchev–Trinajstić information content (AvgIpc) is 2.21. The number of aryl methyl sites for hydroxylation is 1. The molecular weight excluding hydrogens is 126 g/mol. The van der Waals surface area contributed by atoms with Crippen LogP contribution in [0.25, 0.3) is 0 Å². The average molecular weight is 137 g/mol. The maximum Gasteiger partial charge on any atom is 0.0809 e. The van der Waals surface area contributed by atoms with Crippen molar-refractivity contribution in [3.8, 4) is 0 Å². The lowest BCUT2D eigenvalue weighted by atomic mass is 10.3. The van der Waals surface area contributed by atoms with Gasteiger partial charge in [0, 0.05) is 31.9 Å². The molecule has 0 saturated heterocycles. The van der Waals surface area contributed by atoms with Crippen LogP contribution < -0.4 is 0 Å². The Labute approximate surface area is 60.3 Å². The van der Waals surface area contributed by atoms with Gasteiger partial charge in [0.25, 0.3) is 0 Å². The highest BCUT2D eigenvalue weighted by Gasteiger charge is 2.17. The summed E-state index contributed by atoms with van der Waals surface area (Å²) in [7, 11) is 4.08. The summed E-state index contributed by atoms with van der Waals surface area (Å²) in [4.78, 5) is 2.26. The smallest absolute Gasteiger partial charge is 0.0809 e. The highest BCUT2D eigenvalue weighted by molar-refractivity contribution is 5.20.